The normalized spacial score (nSPS) is 11.0. The number of carbonyl (C=O) groups excluding carboxylic acids is 1. The smallest absolute Gasteiger partial charge is 0.330 e. The van der Waals surface area contributed by atoms with Gasteiger partial charge < -0.3 is 14.8 Å². The number of hydrogen-bond acceptors (Lipinski definition) is 8. The monoisotopic (exact) mass is 286 g/mol. The van der Waals surface area contributed by atoms with Crippen LogP contribution in [-0.2, 0) is 9.53 Å². The van der Waals surface area contributed by atoms with Gasteiger partial charge in [0.25, 0.3) is 0 Å². The number of nitrogens with one attached hydrogen (secondary N) is 1. The molecule has 0 aliphatic rings. The van der Waals surface area contributed by atoms with Gasteiger partial charge in [-0.05, 0) is 27.0 Å². The Morgan fingerprint density at radius 2 is 2.05 bits per heavy atom. The van der Waals surface area contributed by atoms with Gasteiger partial charge in [0, 0.05) is 0 Å². The SMILES string of the molecule is CCOc1nc(NC(C)(C)C(=O)OC)nc(SC)n1. The fraction of sp³-hybridized carbons (Fsp3) is 0.636. The van der Waals surface area contributed by atoms with Gasteiger partial charge in [0.15, 0.2) is 5.16 Å². The Morgan fingerprint density at radius 1 is 1.37 bits per heavy atom. The van der Waals surface area contributed by atoms with Crippen molar-refractivity contribution in [3.8, 4) is 6.01 Å². The van der Waals surface area contributed by atoms with E-state index in [0.29, 0.717) is 11.8 Å². The quantitative estimate of drug-likeness (QED) is 0.619. The van der Waals surface area contributed by atoms with Crippen LogP contribution in [0.3, 0.4) is 0 Å². The molecule has 0 saturated heterocycles. The summed E-state index contributed by atoms with van der Waals surface area (Å²) in [5, 5.41) is 3.43. The largest absolute Gasteiger partial charge is 0.467 e. The molecule has 1 N–H and O–H groups in total. The lowest BCUT2D eigenvalue weighted by atomic mass is 10.1. The van der Waals surface area contributed by atoms with Crippen LogP contribution in [0, 0.1) is 0 Å². The molecule has 1 aromatic heterocycles. The Bertz CT molecular complexity index is 454. The molecule has 0 unspecified atom stereocenters. The van der Waals surface area contributed by atoms with Crippen LogP contribution in [0.5, 0.6) is 6.01 Å². The van der Waals surface area contributed by atoms with Gasteiger partial charge in [-0.3, -0.25) is 0 Å². The van der Waals surface area contributed by atoms with Crippen molar-refractivity contribution >= 4 is 23.7 Å². The van der Waals surface area contributed by atoms with Crippen molar-refractivity contribution in [2.45, 2.75) is 31.5 Å². The molecule has 0 fully saturated rings. The highest BCUT2D eigenvalue weighted by Crippen LogP contribution is 2.18. The predicted molar refractivity (Wildman–Crippen MR) is 72.5 cm³/mol. The van der Waals surface area contributed by atoms with Crippen LogP contribution < -0.4 is 10.1 Å². The maximum atomic E-state index is 11.6. The van der Waals surface area contributed by atoms with Gasteiger partial charge in [0.05, 0.1) is 13.7 Å². The highest BCUT2D eigenvalue weighted by molar-refractivity contribution is 7.98. The molecule has 0 saturated carbocycles. The third kappa shape index (κ3) is 4.23. The van der Waals surface area contributed by atoms with E-state index in [0.717, 1.165) is 0 Å². The van der Waals surface area contributed by atoms with E-state index in [-0.39, 0.29) is 12.0 Å². The van der Waals surface area contributed by atoms with Gasteiger partial charge in [0.2, 0.25) is 5.95 Å². The first-order valence-electron chi connectivity index (χ1n) is 5.72. The van der Waals surface area contributed by atoms with Crippen LogP contribution in [0.25, 0.3) is 0 Å². The summed E-state index contributed by atoms with van der Waals surface area (Å²) in [5.74, 6) is -0.130. The Hall–Kier alpha value is -1.57. The zero-order chi connectivity index (χ0) is 14.5. The molecule has 106 valence electrons. The Labute approximate surface area is 116 Å². The number of thioether (sulfide) groups is 1. The number of aromatic nitrogens is 3. The first kappa shape index (κ1) is 15.5. The highest BCUT2D eigenvalue weighted by Gasteiger charge is 2.29. The zero-order valence-corrected chi connectivity index (χ0v) is 12.5. The van der Waals surface area contributed by atoms with E-state index in [1.54, 1.807) is 13.8 Å². The number of hydrogen-bond donors (Lipinski definition) is 1. The van der Waals surface area contributed by atoms with Crippen molar-refractivity contribution in [3.05, 3.63) is 0 Å². The van der Waals surface area contributed by atoms with Gasteiger partial charge in [-0.2, -0.15) is 15.0 Å². The second-order valence-electron chi connectivity index (χ2n) is 4.10. The molecule has 1 aromatic rings. The highest BCUT2D eigenvalue weighted by atomic mass is 32.2. The molecule has 0 amide bonds. The van der Waals surface area contributed by atoms with Gasteiger partial charge in [0.1, 0.15) is 5.54 Å². The second-order valence-corrected chi connectivity index (χ2v) is 4.88. The van der Waals surface area contributed by atoms with E-state index < -0.39 is 11.5 Å². The molecule has 7 nitrogen and oxygen atoms in total. The topological polar surface area (TPSA) is 86.2 Å². The van der Waals surface area contributed by atoms with Crippen LogP contribution in [0.4, 0.5) is 5.95 Å². The third-order valence-corrected chi connectivity index (χ3v) is 2.72. The maximum absolute atomic E-state index is 11.6. The standard InChI is InChI=1S/C11H18N4O3S/c1-6-18-9-12-8(13-10(14-9)19-5)15-11(2,3)7(16)17-4/h6H2,1-5H3,(H,12,13,14,15). The molecule has 19 heavy (non-hydrogen) atoms. The first-order valence-corrected chi connectivity index (χ1v) is 6.95. The van der Waals surface area contributed by atoms with E-state index in [4.69, 9.17) is 9.47 Å². The maximum Gasteiger partial charge on any atom is 0.330 e. The number of rotatable bonds is 6. The minimum absolute atomic E-state index is 0.227. The van der Waals surface area contributed by atoms with E-state index in [9.17, 15) is 4.79 Å². The number of esters is 1. The number of anilines is 1. The number of methoxy groups -OCH3 is 1. The molecule has 0 atom stereocenters. The van der Waals surface area contributed by atoms with Gasteiger partial charge in [-0.1, -0.05) is 11.8 Å². The van der Waals surface area contributed by atoms with Crippen LogP contribution in [-0.4, -0.2) is 46.4 Å². The van der Waals surface area contributed by atoms with E-state index >= 15 is 0 Å². The third-order valence-electron chi connectivity index (χ3n) is 2.17. The number of ether oxygens (including phenoxy) is 2. The summed E-state index contributed by atoms with van der Waals surface area (Å²) in [5.41, 5.74) is -0.935. The van der Waals surface area contributed by atoms with Crippen molar-refractivity contribution in [1.29, 1.82) is 0 Å². The zero-order valence-electron chi connectivity index (χ0n) is 11.7. The lowest BCUT2D eigenvalue weighted by Gasteiger charge is -2.23. The summed E-state index contributed by atoms with van der Waals surface area (Å²) in [7, 11) is 1.33. The molecule has 0 radical (unpaired) electrons. The predicted octanol–water partition coefficient (Wildman–Crippen LogP) is 1.36. The van der Waals surface area contributed by atoms with Crippen LogP contribution >= 0.6 is 11.8 Å². The molecule has 0 spiro atoms. The molecule has 0 aromatic carbocycles. The fourth-order valence-electron chi connectivity index (χ4n) is 1.26. The summed E-state index contributed by atoms with van der Waals surface area (Å²) in [4.78, 5) is 24.0. The van der Waals surface area contributed by atoms with Crippen molar-refractivity contribution in [1.82, 2.24) is 15.0 Å². The molecule has 8 heteroatoms. The molecular formula is C11H18N4O3S. The molecule has 0 aliphatic carbocycles. The summed E-state index contributed by atoms with van der Waals surface area (Å²) >= 11 is 1.36. The van der Waals surface area contributed by atoms with Gasteiger partial charge in [-0.25, -0.2) is 4.79 Å². The van der Waals surface area contributed by atoms with E-state index in [1.807, 2.05) is 13.2 Å². The average molecular weight is 286 g/mol. The lowest BCUT2D eigenvalue weighted by Crippen LogP contribution is -2.41. The second kappa shape index (κ2) is 6.55. The summed E-state index contributed by atoms with van der Waals surface area (Å²) in [6.07, 6.45) is 1.85. The van der Waals surface area contributed by atoms with Crippen molar-refractivity contribution in [3.63, 3.8) is 0 Å². The summed E-state index contributed by atoms with van der Waals surface area (Å²) in [6.45, 7) is 5.66. The molecule has 1 heterocycles. The van der Waals surface area contributed by atoms with Crippen molar-refractivity contribution in [2.75, 3.05) is 25.3 Å². The summed E-state index contributed by atoms with van der Waals surface area (Å²) < 4.78 is 9.97. The van der Waals surface area contributed by atoms with Crippen LogP contribution in [0.15, 0.2) is 5.16 Å². The Kier molecular flexibility index (Phi) is 5.34. The van der Waals surface area contributed by atoms with Gasteiger partial charge in [-0.15, -0.1) is 0 Å². The molecule has 0 aliphatic heterocycles. The van der Waals surface area contributed by atoms with Crippen LogP contribution in [0.2, 0.25) is 0 Å². The minimum atomic E-state index is -0.935. The van der Waals surface area contributed by atoms with E-state index in [2.05, 4.69) is 20.3 Å². The van der Waals surface area contributed by atoms with Crippen molar-refractivity contribution < 1.29 is 14.3 Å². The lowest BCUT2D eigenvalue weighted by molar-refractivity contribution is -0.144. The Morgan fingerprint density at radius 3 is 2.58 bits per heavy atom. The number of nitrogens with zero attached hydrogens (tertiary/aromatic N) is 3. The Balaban J connectivity index is 2.99. The molecule has 0 bridgehead atoms. The van der Waals surface area contributed by atoms with Gasteiger partial charge >= 0.3 is 12.0 Å². The fourth-order valence-corrected chi connectivity index (χ4v) is 1.61. The molecule has 1 rings (SSSR count). The van der Waals surface area contributed by atoms with Crippen LogP contribution in [0.1, 0.15) is 20.8 Å². The summed E-state index contributed by atoms with van der Waals surface area (Å²) in [6, 6.07) is 0.227. The van der Waals surface area contributed by atoms with E-state index in [1.165, 1.54) is 18.9 Å². The molecular weight excluding hydrogens is 268 g/mol. The number of carbonyl (C=O) groups is 1. The van der Waals surface area contributed by atoms with Crippen molar-refractivity contribution in [2.24, 2.45) is 0 Å². The average Bonchev–Trinajstić information content (AvgIpc) is 2.37. The minimum Gasteiger partial charge on any atom is -0.467 e. The first-order chi connectivity index (χ1) is 8.92.